The summed E-state index contributed by atoms with van der Waals surface area (Å²) in [6, 6.07) is 10.4. The third-order valence-corrected chi connectivity index (χ3v) is 5.33. The quantitative estimate of drug-likeness (QED) is 0.180. The highest BCUT2D eigenvalue weighted by molar-refractivity contribution is 9.10. The van der Waals surface area contributed by atoms with E-state index in [0.717, 1.165) is 30.4 Å². The Morgan fingerprint density at radius 2 is 2.00 bits per heavy atom. The van der Waals surface area contributed by atoms with Crippen molar-refractivity contribution in [1.82, 2.24) is 9.55 Å². The number of aliphatic imine (C=N–C) groups is 1. The van der Waals surface area contributed by atoms with Gasteiger partial charge in [0.2, 0.25) is 5.95 Å². The summed E-state index contributed by atoms with van der Waals surface area (Å²) in [5.74, 6) is 0.422. The van der Waals surface area contributed by atoms with Crippen LogP contribution in [0.5, 0.6) is 5.75 Å². The first-order valence-corrected chi connectivity index (χ1v) is 10.5. The average molecular weight is 459 g/mol. The molecule has 0 unspecified atom stereocenters. The number of imidazole rings is 1. The van der Waals surface area contributed by atoms with E-state index in [-0.39, 0.29) is 21.5 Å². The molecule has 0 aliphatic heterocycles. The van der Waals surface area contributed by atoms with Crippen molar-refractivity contribution < 1.29 is 10.0 Å². The molecule has 0 radical (unpaired) electrons. The zero-order valence-electron chi connectivity index (χ0n) is 16.2. The Labute approximate surface area is 177 Å². The van der Waals surface area contributed by atoms with Gasteiger partial charge >= 0.3 is 0 Å². The second-order valence-electron chi connectivity index (χ2n) is 6.85. The van der Waals surface area contributed by atoms with Gasteiger partial charge in [-0.3, -0.25) is 10.1 Å². The summed E-state index contributed by atoms with van der Waals surface area (Å²) in [6.45, 7) is 2.99. The first-order chi connectivity index (χ1) is 14.0. The zero-order valence-corrected chi connectivity index (χ0v) is 17.8. The van der Waals surface area contributed by atoms with Crippen LogP contribution in [0.1, 0.15) is 44.6 Å². The lowest BCUT2D eigenvalue weighted by Crippen LogP contribution is -1.98. The summed E-state index contributed by atoms with van der Waals surface area (Å²) >= 11 is 3.15. The highest BCUT2D eigenvalue weighted by atomic mass is 79.9. The van der Waals surface area contributed by atoms with E-state index in [1.54, 1.807) is 0 Å². The number of rotatable bonds is 9. The minimum atomic E-state index is -0.507. The number of phenols is 1. The molecule has 152 valence electrons. The smallest absolute Gasteiger partial charge is 0.271 e. The second-order valence-corrected chi connectivity index (χ2v) is 7.70. The molecule has 3 rings (SSSR count). The van der Waals surface area contributed by atoms with Crippen LogP contribution >= 0.6 is 15.9 Å². The molecule has 0 bridgehead atoms. The predicted octanol–water partition coefficient (Wildman–Crippen LogP) is 6.13. The van der Waals surface area contributed by atoms with E-state index in [2.05, 4.69) is 37.4 Å². The molecular formula is C21H23BrN4O3. The summed E-state index contributed by atoms with van der Waals surface area (Å²) < 4.78 is 2.30. The van der Waals surface area contributed by atoms with Gasteiger partial charge in [0.15, 0.2) is 0 Å². The molecule has 0 spiro atoms. The molecule has 0 saturated carbocycles. The molecule has 7 nitrogen and oxygen atoms in total. The Bertz CT molecular complexity index is 1050. The van der Waals surface area contributed by atoms with E-state index in [9.17, 15) is 15.2 Å². The number of aromatic hydroxyl groups is 1. The fourth-order valence-corrected chi connectivity index (χ4v) is 3.66. The number of aromatic nitrogens is 2. The first-order valence-electron chi connectivity index (χ1n) is 9.67. The number of hydrogen-bond acceptors (Lipinski definition) is 5. The fraction of sp³-hybridized carbons (Fsp3) is 0.333. The van der Waals surface area contributed by atoms with Crippen molar-refractivity contribution in [2.45, 2.75) is 45.6 Å². The molecule has 1 heterocycles. The highest BCUT2D eigenvalue weighted by Crippen LogP contribution is 2.32. The van der Waals surface area contributed by atoms with E-state index >= 15 is 0 Å². The van der Waals surface area contributed by atoms with E-state index in [0.29, 0.717) is 5.95 Å². The Kier molecular flexibility index (Phi) is 6.98. The number of nitrogens with zero attached hydrogens (tertiary/aromatic N) is 4. The topological polar surface area (TPSA) is 93.5 Å². The van der Waals surface area contributed by atoms with Gasteiger partial charge in [-0.1, -0.05) is 44.7 Å². The normalized spacial score (nSPS) is 11.5. The van der Waals surface area contributed by atoms with Gasteiger partial charge in [0.25, 0.3) is 5.69 Å². The van der Waals surface area contributed by atoms with Crippen LogP contribution in [-0.4, -0.2) is 25.8 Å². The lowest BCUT2D eigenvalue weighted by Gasteiger charge is -2.07. The number of hydrogen-bond donors (Lipinski definition) is 1. The minimum Gasteiger partial charge on any atom is -0.506 e. The maximum atomic E-state index is 11.1. The SMILES string of the molecule is CCCCCCCn1c(N=Cc2cc([N+](=O)[O-])cc(Br)c2O)nc2ccccc21. The molecule has 0 aliphatic carbocycles. The van der Waals surface area contributed by atoms with E-state index in [1.807, 2.05) is 24.3 Å². The van der Waals surface area contributed by atoms with Crippen molar-refractivity contribution >= 4 is 44.8 Å². The number of phenolic OH excluding ortho intramolecular Hbond substituents is 1. The molecular weight excluding hydrogens is 436 g/mol. The summed E-state index contributed by atoms with van der Waals surface area (Å²) in [7, 11) is 0. The second kappa shape index (κ2) is 9.65. The van der Waals surface area contributed by atoms with Crippen molar-refractivity contribution in [1.29, 1.82) is 0 Å². The molecule has 0 aliphatic rings. The lowest BCUT2D eigenvalue weighted by molar-refractivity contribution is -0.385. The summed E-state index contributed by atoms with van der Waals surface area (Å²) in [6.07, 6.45) is 7.22. The Hall–Kier alpha value is -2.74. The van der Waals surface area contributed by atoms with Gasteiger partial charge in [0.1, 0.15) is 5.75 Å². The summed E-state index contributed by atoms with van der Waals surface area (Å²) in [4.78, 5) is 19.6. The van der Waals surface area contributed by atoms with E-state index < -0.39 is 4.92 Å². The molecule has 2 aromatic carbocycles. The van der Waals surface area contributed by atoms with E-state index in [1.165, 1.54) is 37.6 Å². The number of aryl methyl sites for hydroxylation is 1. The Balaban J connectivity index is 1.91. The van der Waals surface area contributed by atoms with Crippen LogP contribution in [0, 0.1) is 10.1 Å². The maximum absolute atomic E-state index is 11.1. The Morgan fingerprint density at radius 1 is 1.24 bits per heavy atom. The average Bonchev–Trinajstić information content (AvgIpc) is 3.06. The Morgan fingerprint density at radius 3 is 2.76 bits per heavy atom. The van der Waals surface area contributed by atoms with Crippen molar-refractivity contribution in [3.63, 3.8) is 0 Å². The third-order valence-electron chi connectivity index (χ3n) is 4.73. The molecule has 8 heteroatoms. The van der Waals surface area contributed by atoms with Crippen molar-refractivity contribution in [2.24, 2.45) is 4.99 Å². The largest absolute Gasteiger partial charge is 0.506 e. The molecule has 3 aromatic rings. The number of halogens is 1. The van der Waals surface area contributed by atoms with Gasteiger partial charge < -0.3 is 9.67 Å². The molecule has 0 amide bonds. The van der Waals surface area contributed by atoms with Gasteiger partial charge in [-0.15, -0.1) is 0 Å². The van der Waals surface area contributed by atoms with Crippen LogP contribution in [0.3, 0.4) is 0 Å². The monoisotopic (exact) mass is 458 g/mol. The van der Waals surface area contributed by atoms with Crippen LogP contribution in [0.4, 0.5) is 11.6 Å². The lowest BCUT2D eigenvalue weighted by atomic mass is 10.1. The molecule has 0 atom stereocenters. The van der Waals surface area contributed by atoms with Crippen LogP contribution in [0.25, 0.3) is 11.0 Å². The number of nitro groups is 1. The van der Waals surface area contributed by atoms with Crippen LogP contribution in [0.15, 0.2) is 45.9 Å². The molecule has 1 N–H and O–H groups in total. The fourth-order valence-electron chi connectivity index (χ4n) is 3.19. The van der Waals surface area contributed by atoms with E-state index in [4.69, 9.17) is 0 Å². The molecule has 29 heavy (non-hydrogen) atoms. The first kappa shape index (κ1) is 21.0. The van der Waals surface area contributed by atoms with Gasteiger partial charge in [-0.05, 0) is 34.5 Å². The van der Waals surface area contributed by atoms with Gasteiger partial charge in [-0.2, -0.15) is 0 Å². The maximum Gasteiger partial charge on any atom is 0.271 e. The predicted molar refractivity (Wildman–Crippen MR) is 118 cm³/mol. The summed E-state index contributed by atoms with van der Waals surface area (Å²) in [5.41, 5.74) is 1.98. The number of benzene rings is 2. The van der Waals surface area contributed by atoms with Crippen molar-refractivity contribution in [2.75, 3.05) is 0 Å². The molecule has 0 saturated heterocycles. The highest BCUT2D eigenvalue weighted by Gasteiger charge is 2.14. The number of fused-ring (bicyclic) bond motifs is 1. The minimum absolute atomic E-state index is 0.0958. The molecule has 0 fully saturated rings. The van der Waals surface area contributed by atoms with Crippen molar-refractivity contribution in [3.8, 4) is 5.75 Å². The zero-order chi connectivity index (χ0) is 20.8. The van der Waals surface area contributed by atoms with Crippen LogP contribution in [0.2, 0.25) is 0 Å². The van der Waals surface area contributed by atoms with Crippen LogP contribution < -0.4 is 0 Å². The number of unbranched alkanes of at least 4 members (excludes halogenated alkanes) is 4. The van der Waals surface area contributed by atoms with Gasteiger partial charge in [0, 0.05) is 30.5 Å². The number of para-hydroxylation sites is 2. The summed E-state index contributed by atoms with van der Waals surface area (Å²) in [5, 5.41) is 21.3. The number of non-ortho nitro benzene ring substituents is 1. The van der Waals surface area contributed by atoms with Gasteiger partial charge in [0.05, 0.1) is 20.4 Å². The molecule has 1 aromatic heterocycles. The van der Waals surface area contributed by atoms with Crippen molar-refractivity contribution in [3.05, 3.63) is 56.5 Å². The standard InChI is InChI=1S/C21H23BrN4O3/c1-2-3-4-5-8-11-25-19-10-7-6-9-18(19)24-21(25)23-14-15-12-16(26(28)29)13-17(22)20(15)27/h6-7,9-10,12-14,27H,2-5,8,11H2,1H3. The number of nitro benzene ring substituents is 1. The third kappa shape index (κ3) is 5.00. The van der Waals surface area contributed by atoms with Gasteiger partial charge in [-0.25, -0.2) is 9.98 Å². The van der Waals surface area contributed by atoms with Crippen LogP contribution in [-0.2, 0) is 6.54 Å².